The number of nitrogens with two attached hydrogens (primary N) is 2. The number of halogens is 6. The molecule has 2 aliphatic heterocycles. The van der Waals surface area contributed by atoms with Crippen molar-refractivity contribution in [1.82, 2.24) is 29.4 Å². The number of nitrogens with zero attached hydrogens (tertiary/aromatic N) is 8. The summed E-state index contributed by atoms with van der Waals surface area (Å²) in [4.78, 5) is 51.8. The molecule has 0 atom stereocenters. The van der Waals surface area contributed by atoms with Gasteiger partial charge in [-0.2, -0.15) is 47.1 Å². The fraction of sp³-hybridized carbons (Fsp3) is 0.700. The normalized spacial score (nSPS) is 27.4. The summed E-state index contributed by atoms with van der Waals surface area (Å²) in [7, 11) is 0. The molecule has 0 spiro atoms. The summed E-state index contributed by atoms with van der Waals surface area (Å²) in [6.07, 6.45) is 2.76. The Morgan fingerprint density at radius 2 is 0.952 bits per heavy atom. The van der Waals surface area contributed by atoms with Crippen LogP contribution < -0.4 is 22.1 Å². The highest BCUT2D eigenvalue weighted by Crippen LogP contribution is 2.45. The zero-order chi connectivity index (χ0) is 44.8. The molecule has 2 aromatic rings. The number of amides is 4. The molecule has 4 aliphatic carbocycles. The first kappa shape index (κ1) is 44.8. The smallest absolute Gasteiger partial charge is 0.365 e. The van der Waals surface area contributed by atoms with Crippen LogP contribution in [0.25, 0.3) is 0 Å². The van der Waals surface area contributed by atoms with Crippen LogP contribution in [0, 0.1) is 46.3 Å². The summed E-state index contributed by atoms with van der Waals surface area (Å²) in [6, 6.07) is 4.42. The maximum Gasteiger partial charge on any atom is 0.394 e. The third kappa shape index (κ3) is 9.55. The zero-order valence-electron chi connectivity index (χ0n) is 34.0. The molecule has 4 amide bonds. The molecule has 8 rings (SSSR count). The number of nitriles is 2. The van der Waals surface area contributed by atoms with Gasteiger partial charge in [0.25, 0.3) is 11.8 Å². The molecule has 6 fully saturated rings. The summed E-state index contributed by atoms with van der Waals surface area (Å²) < 4.78 is 79.9. The van der Waals surface area contributed by atoms with Gasteiger partial charge in [-0.05, 0) is 77.0 Å². The number of likely N-dealkylation sites (tertiary alicyclic amines) is 2. The van der Waals surface area contributed by atoms with Crippen molar-refractivity contribution in [3.05, 3.63) is 23.5 Å². The highest BCUT2D eigenvalue weighted by atomic mass is 19.4. The van der Waals surface area contributed by atoms with Crippen LogP contribution in [-0.4, -0.2) is 104 Å². The lowest BCUT2D eigenvalue weighted by atomic mass is 9.76. The van der Waals surface area contributed by atoms with Crippen molar-refractivity contribution in [1.29, 1.82) is 10.5 Å². The van der Waals surface area contributed by atoms with Crippen LogP contribution in [0.5, 0.6) is 0 Å². The Labute approximate surface area is 353 Å². The predicted molar refractivity (Wildman–Crippen MR) is 207 cm³/mol. The van der Waals surface area contributed by atoms with Crippen LogP contribution in [0.3, 0.4) is 0 Å². The molecule has 6 N–H and O–H groups in total. The summed E-state index contributed by atoms with van der Waals surface area (Å²) >= 11 is 0. The number of carbonyl (C=O) groups is 4. The molecule has 336 valence electrons. The minimum absolute atomic E-state index is 0.0182. The Morgan fingerprint density at radius 1 is 0.629 bits per heavy atom. The molecule has 16 nitrogen and oxygen atoms in total. The number of carbonyl (C=O) groups excluding carboxylic acids is 4. The average molecular weight is 877 g/mol. The average Bonchev–Trinajstić information content (AvgIpc) is 4.10. The number of anilines is 2. The van der Waals surface area contributed by atoms with Crippen molar-refractivity contribution in [2.24, 2.45) is 35.1 Å². The monoisotopic (exact) mass is 876 g/mol. The van der Waals surface area contributed by atoms with Crippen molar-refractivity contribution in [2.75, 3.05) is 36.8 Å². The molecule has 4 heterocycles. The lowest BCUT2D eigenvalue weighted by Crippen LogP contribution is -2.58. The number of alkyl halides is 6. The summed E-state index contributed by atoms with van der Waals surface area (Å²) in [5, 5.41) is 33.0. The standard InChI is InChI=1S/2C20H25F3N6O2/c2*21-20(22,23)13-9-28(10-13)14-3-5-19(6-4-14,7-8-24)29-11-15(16(25)30)17(27-29)26-18(31)12-1-2-12/h2*11-14H,1-7,9-10H2,(H2,25,30)(H,26,27,31). The van der Waals surface area contributed by atoms with E-state index in [2.05, 4.69) is 33.0 Å². The van der Waals surface area contributed by atoms with E-state index in [1.165, 1.54) is 12.4 Å². The Bertz CT molecular complexity index is 1950. The van der Waals surface area contributed by atoms with E-state index >= 15 is 0 Å². The van der Waals surface area contributed by atoms with Crippen molar-refractivity contribution < 1.29 is 45.5 Å². The van der Waals surface area contributed by atoms with Crippen molar-refractivity contribution in [2.45, 2.75) is 125 Å². The Morgan fingerprint density at radius 3 is 1.21 bits per heavy atom. The molecular weight excluding hydrogens is 827 g/mol. The molecule has 0 unspecified atom stereocenters. The van der Waals surface area contributed by atoms with Gasteiger partial charge in [0.05, 0.1) is 47.9 Å². The Balaban J connectivity index is 0.000000186. The number of primary amides is 2. The minimum atomic E-state index is -4.16. The highest BCUT2D eigenvalue weighted by Gasteiger charge is 2.52. The van der Waals surface area contributed by atoms with E-state index in [1.54, 1.807) is 9.36 Å². The second kappa shape index (κ2) is 17.2. The molecule has 2 saturated heterocycles. The van der Waals surface area contributed by atoms with Gasteiger partial charge >= 0.3 is 12.4 Å². The first-order chi connectivity index (χ1) is 29.3. The van der Waals surface area contributed by atoms with E-state index in [0.717, 1.165) is 25.7 Å². The van der Waals surface area contributed by atoms with Crippen LogP contribution >= 0.6 is 0 Å². The predicted octanol–water partition coefficient (Wildman–Crippen LogP) is 4.75. The molecule has 22 heteroatoms. The molecule has 6 aliphatic rings. The fourth-order valence-corrected chi connectivity index (χ4v) is 9.22. The molecule has 2 aromatic heterocycles. The lowest BCUT2D eigenvalue weighted by Gasteiger charge is -2.49. The van der Waals surface area contributed by atoms with Gasteiger partial charge in [0.2, 0.25) is 11.8 Å². The highest BCUT2D eigenvalue weighted by molar-refractivity contribution is 6.03. The third-order valence-electron chi connectivity index (χ3n) is 13.7. The van der Waals surface area contributed by atoms with E-state index in [0.29, 0.717) is 51.4 Å². The topological polar surface area (TPSA) is 234 Å². The maximum absolute atomic E-state index is 12.8. The van der Waals surface area contributed by atoms with Gasteiger partial charge in [-0.3, -0.25) is 38.3 Å². The van der Waals surface area contributed by atoms with Crippen LogP contribution in [0.4, 0.5) is 38.0 Å². The quantitative estimate of drug-likeness (QED) is 0.214. The summed E-state index contributed by atoms with van der Waals surface area (Å²) in [5.41, 5.74) is 9.74. The van der Waals surface area contributed by atoms with Crippen LogP contribution in [0.1, 0.15) is 111 Å². The fourth-order valence-electron chi connectivity index (χ4n) is 9.22. The number of hydrogen-bond acceptors (Lipinski definition) is 10. The van der Waals surface area contributed by atoms with Gasteiger partial charge in [-0.15, -0.1) is 0 Å². The summed E-state index contributed by atoms with van der Waals surface area (Å²) in [6.45, 7) is 0.0728. The van der Waals surface area contributed by atoms with Gasteiger partial charge in [0, 0.05) is 62.5 Å². The summed E-state index contributed by atoms with van der Waals surface area (Å²) in [5.74, 6) is -4.35. The SMILES string of the molecule is N#CCC1(n2cc(C(N)=O)c(NC(=O)C3CC3)n2)CCC(N2CC(C(F)(F)F)C2)CC1.N#CCC1(n2cc(C(N)=O)c(NC(=O)C3CC3)n2)CCC(N2CC(C(F)(F)F)C2)CC1. The lowest BCUT2D eigenvalue weighted by molar-refractivity contribution is -0.216. The van der Waals surface area contributed by atoms with Crippen molar-refractivity contribution in [3.8, 4) is 12.1 Å². The second-order valence-electron chi connectivity index (χ2n) is 17.9. The van der Waals surface area contributed by atoms with Gasteiger partial charge in [-0.1, -0.05) is 0 Å². The van der Waals surface area contributed by atoms with Crippen molar-refractivity contribution in [3.63, 3.8) is 0 Å². The number of nitrogens with one attached hydrogen (secondary N) is 2. The van der Waals surface area contributed by atoms with Gasteiger partial charge in [0.1, 0.15) is 11.1 Å². The number of hydrogen-bond donors (Lipinski definition) is 4. The molecule has 0 aromatic carbocycles. The third-order valence-corrected chi connectivity index (χ3v) is 13.7. The largest absolute Gasteiger partial charge is 0.394 e. The Hall–Kier alpha value is -5.22. The van der Waals surface area contributed by atoms with Crippen molar-refractivity contribution >= 4 is 35.3 Å². The Kier molecular flexibility index (Phi) is 12.4. The van der Waals surface area contributed by atoms with Crippen LogP contribution in [0.2, 0.25) is 0 Å². The molecule has 0 bridgehead atoms. The second-order valence-corrected chi connectivity index (χ2v) is 17.9. The molecule has 0 radical (unpaired) electrons. The van der Waals surface area contributed by atoms with Crippen LogP contribution in [0.15, 0.2) is 12.4 Å². The first-order valence-corrected chi connectivity index (χ1v) is 21.0. The molecule has 4 saturated carbocycles. The van der Waals surface area contributed by atoms with E-state index in [4.69, 9.17) is 11.5 Å². The van der Waals surface area contributed by atoms with Crippen LogP contribution in [-0.2, 0) is 20.7 Å². The van der Waals surface area contributed by atoms with E-state index < -0.39 is 47.1 Å². The molecular formula is C40H50F6N12O4. The van der Waals surface area contributed by atoms with E-state index in [1.807, 2.05) is 9.80 Å². The number of aromatic nitrogens is 4. The van der Waals surface area contributed by atoms with E-state index in [9.17, 15) is 56.0 Å². The minimum Gasteiger partial charge on any atom is -0.365 e. The van der Waals surface area contributed by atoms with Gasteiger partial charge in [0.15, 0.2) is 11.6 Å². The first-order valence-electron chi connectivity index (χ1n) is 21.0. The van der Waals surface area contributed by atoms with Gasteiger partial charge < -0.3 is 22.1 Å². The van der Waals surface area contributed by atoms with E-state index in [-0.39, 0.29) is 97.5 Å². The zero-order valence-corrected chi connectivity index (χ0v) is 34.0. The maximum atomic E-state index is 12.8. The number of rotatable bonds is 12. The van der Waals surface area contributed by atoms with Gasteiger partial charge in [-0.25, -0.2) is 0 Å². The molecule has 62 heavy (non-hydrogen) atoms.